The van der Waals surface area contributed by atoms with Gasteiger partial charge in [-0.15, -0.1) is 6.42 Å². The third-order valence-electron chi connectivity index (χ3n) is 2.26. The Morgan fingerprint density at radius 1 is 1.33 bits per heavy atom. The van der Waals surface area contributed by atoms with Gasteiger partial charge in [-0.05, 0) is 25.7 Å². The Balaban J connectivity index is 2.19. The Kier molecular flexibility index (Phi) is 3.64. The molecule has 0 aromatic rings. The fraction of sp³-hybridized carbons (Fsp3) is 0.700. The highest BCUT2D eigenvalue weighted by atomic mass is 16.5. The number of terminal acetylenes is 1. The third-order valence-corrected chi connectivity index (χ3v) is 2.26. The lowest BCUT2D eigenvalue weighted by Gasteiger charge is -2.23. The lowest BCUT2D eigenvalue weighted by atomic mass is 9.88. The molecular formula is C10H13NO. The van der Waals surface area contributed by atoms with Gasteiger partial charge in [0.05, 0.1) is 12.2 Å². The predicted molar refractivity (Wildman–Crippen MR) is 46.1 cm³/mol. The normalized spacial score (nSPS) is 28.8. The molecule has 64 valence electrons. The van der Waals surface area contributed by atoms with Crippen molar-refractivity contribution in [3.05, 3.63) is 0 Å². The monoisotopic (exact) mass is 163 g/mol. The number of hydrogen-bond acceptors (Lipinski definition) is 2. The molecule has 0 unspecified atom stereocenters. The van der Waals surface area contributed by atoms with Gasteiger partial charge in [0.1, 0.15) is 6.61 Å². The zero-order valence-electron chi connectivity index (χ0n) is 7.12. The Labute approximate surface area is 73.5 Å². The summed E-state index contributed by atoms with van der Waals surface area (Å²) in [5, 5.41) is 8.63. The maximum atomic E-state index is 8.63. The van der Waals surface area contributed by atoms with Crippen LogP contribution >= 0.6 is 0 Å². The van der Waals surface area contributed by atoms with Crippen molar-refractivity contribution in [2.45, 2.75) is 31.8 Å². The number of ether oxygens (including phenoxy) is 1. The first kappa shape index (κ1) is 9.10. The summed E-state index contributed by atoms with van der Waals surface area (Å²) in [7, 11) is 0. The van der Waals surface area contributed by atoms with Crippen LogP contribution in [0.3, 0.4) is 0 Å². The smallest absolute Gasteiger partial charge is 0.107 e. The van der Waals surface area contributed by atoms with Crippen LogP contribution < -0.4 is 0 Å². The summed E-state index contributed by atoms with van der Waals surface area (Å²) in [4.78, 5) is 0. The van der Waals surface area contributed by atoms with Gasteiger partial charge in [-0.3, -0.25) is 0 Å². The molecule has 0 atom stereocenters. The molecule has 0 heterocycles. The molecule has 0 N–H and O–H groups in total. The van der Waals surface area contributed by atoms with Crippen LogP contribution in [0.25, 0.3) is 0 Å². The van der Waals surface area contributed by atoms with Crippen molar-refractivity contribution in [3.8, 4) is 18.4 Å². The van der Waals surface area contributed by atoms with Crippen molar-refractivity contribution < 1.29 is 4.74 Å². The van der Waals surface area contributed by atoms with Crippen LogP contribution in [0, 0.1) is 29.6 Å². The average molecular weight is 163 g/mol. The van der Waals surface area contributed by atoms with E-state index in [0.29, 0.717) is 12.7 Å². The molecule has 1 fully saturated rings. The van der Waals surface area contributed by atoms with E-state index in [-0.39, 0.29) is 5.92 Å². The van der Waals surface area contributed by atoms with Crippen LogP contribution in [-0.2, 0) is 4.74 Å². The molecule has 12 heavy (non-hydrogen) atoms. The van der Waals surface area contributed by atoms with E-state index in [2.05, 4.69) is 12.0 Å². The highest BCUT2D eigenvalue weighted by Gasteiger charge is 2.20. The van der Waals surface area contributed by atoms with Gasteiger partial charge in [-0.2, -0.15) is 5.26 Å². The van der Waals surface area contributed by atoms with Crippen LogP contribution in [0.1, 0.15) is 25.7 Å². The van der Waals surface area contributed by atoms with Gasteiger partial charge in [-0.1, -0.05) is 5.92 Å². The number of hydrogen-bond donors (Lipinski definition) is 0. The first-order chi connectivity index (χ1) is 5.86. The van der Waals surface area contributed by atoms with Gasteiger partial charge >= 0.3 is 0 Å². The summed E-state index contributed by atoms with van der Waals surface area (Å²) in [5.41, 5.74) is 0. The van der Waals surface area contributed by atoms with Gasteiger partial charge in [0.2, 0.25) is 0 Å². The van der Waals surface area contributed by atoms with Gasteiger partial charge < -0.3 is 4.74 Å². The van der Waals surface area contributed by atoms with Gasteiger partial charge in [0, 0.05) is 5.92 Å². The number of rotatable bonds is 2. The molecule has 0 aromatic carbocycles. The standard InChI is InChI=1S/C10H13NO/c1-2-7-12-10-5-3-9(8-11)4-6-10/h1,9-10H,3-7H2. The molecular weight excluding hydrogens is 150 g/mol. The van der Waals surface area contributed by atoms with E-state index in [4.69, 9.17) is 16.4 Å². The Morgan fingerprint density at radius 2 is 2.00 bits per heavy atom. The molecule has 0 spiro atoms. The van der Waals surface area contributed by atoms with E-state index < -0.39 is 0 Å². The summed E-state index contributed by atoms with van der Waals surface area (Å²) in [6, 6.07) is 2.28. The fourth-order valence-electron chi connectivity index (χ4n) is 1.52. The molecule has 1 rings (SSSR count). The zero-order chi connectivity index (χ0) is 8.81. The minimum atomic E-state index is 0.246. The van der Waals surface area contributed by atoms with E-state index in [0.717, 1.165) is 25.7 Å². The van der Waals surface area contributed by atoms with Crippen LogP contribution in [0.15, 0.2) is 0 Å². The van der Waals surface area contributed by atoms with E-state index in [1.54, 1.807) is 0 Å². The lowest BCUT2D eigenvalue weighted by molar-refractivity contribution is 0.0432. The second-order valence-corrected chi connectivity index (χ2v) is 3.12. The second kappa shape index (κ2) is 4.80. The molecule has 2 heteroatoms. The lowest BCUT2D eigenvalue weighted by Crippen LogP contribution is -2.21. The summed E-state index contributed by atoms with van der Waals surface area (Å²) < 4.78 is 5.38. The molecule has 1 saturated carbocycles. The summed E-state index contributed by atoms with van der Waals surface area (Å²) >= 11 is 0. The minimum Gasteiger partial charge on any atom is -0.366 e. The van der Waals surface area contributed by atoms with Crippen molar-refractivity contribution in [2.75, 3.05) is 6.61 Å². The highest BCUT2D eigenvalue weighted by molar-refractivity contribution is 4.88. The van der Waals surface area contributed by atoms with Gasteiger partial charge in [0.25, 0.3) is 0 Å². The van der Waals surface area contributed by atoms with Crippen molar-refractivity contribution in [1.82, 2.24) is 0 Å². The fourth-order valence-corrected chi connectivity index (χ4v) is 1.52. The molecule has 1 aliphatic rings. The molecule has 2 nitrogen and oxygen atoms in total. The third kappa shape index (κ3) is 2.57. The quantitative estimate of drug-likeness (QED) is 0.581. The highest BCUT2D eigenvalue weighted by Crippen LogP contribution is 2.25. The van der Waals surface area contributed by atoms with Crippen molar-refractivity contribution in [3.63, 3.8) is 0 Å². The number of nitrogens with zero attached hydrogens (tertiary/aromatic N) is 1. The van der Waals surface area contributed by atoms with Crippen LogP contribution in [0.4, 0.5) is 0 Å². The molecule has 0 aromatic heterocycles. The Hall–Kier alpha value is -0.990. The Bertz CT molecular complexity index is 203. The van der Waals surface area contributed by atoms with Crippen LogP contribution in [0.5, 0.6) is 0 Å². The molecule has 0 radical (unpaired) electrons. The average Bonchev–Trinajstić information content (AvgIpc) is 2.15. The van der Waals surface area contributed by atoms with E-state index >= 15 is 0 Å². The van der Waals surface area contributed by atoms with Gasteiger partial charge in [-0.25, -0.2) is 0 Å². The summed E-state index contributed by atoms with van der Waals surface area (Å²) in [6.45, 7) is 0.405. The molecule has 0 amide bonds. The first-order valence-corrected chi connectivity index (χ1v) is 4.31. The van der Waals surface area contributed by atoms with Crippen molar-refractivity contribution in [1.29, 1.82) is 5.26 Å². The molecule has 0 saturated heterocycles. The van der Waals surface area contributed by atoms with Crippen LogP contribution in [0.2, 0.25) is 0 Å². The molecule has 0 bridgehead atoms. The maximum absolute atomic E-state index is 8.63. The maximum Gasteiger partial charge on any atom is 0.107 e. The SMILES string of the molecule is C#CCOC1CCC(C#N)CC1. The van der Waals surface area contributed by atoms with Crippen molar-refractivity contribution >= 4 is 0 Å². The van der Waals surface area contributed by atoms with E-state index in [1.165, 1.54) is 0 Å². The van der Waals surface area contributed by atoms with E-state index in [9.17, 15) is 0 Å². The molecule has 0 aliphatic heterocycles. The largest absolute Gasteiger partial charge is 0.366 e. The Morgan fingerprint density at radius 3 is 2.50 bits per heavy atom. The molecule has 1 aliphatic carbocycles. The predicted octanol–water partition coefficient (Wildman–Crippen LogP) is 1.72. The van der Waals surface area contributed by atoms with E-state index in [1.807, 2.05) is 0 Å². The summed E-state index contributed by atoms with van der Waals surface area (Å²) in [5.74, 6) is 2.70. The van der Waals surface area contributed by atoms with Crippen LogP contribution in [-0.4, -0.2) is 12.7 Å². The van der Waals surface area contributed by atoms with Crippen molar-refractivity contribution in [2.24, 2.45) is 5.92 Å². The first-order valence-electron chi connectivity index (χ1n) is 4.31. The van der Waals surface area contributed by atoms with Gasteiger partial charge in [0.15, 0.2) is 0 Å². The minimum absolute atomic E-state index is 0.246. The second-order valence-electron chi connectivity index (χ2n) is 3.12. The summed E-state index contributed by atoms with van der Waals surface area (Å²) in [6.07, 6.45) is 9.27. The topological polar surface area (TPSA) is 33.0 Å². The number of nitriles is 1. The zero-order valence-corrected chi connectivity index (χ0v) is 7.12.